The zero-order valence-electron chi connectivity index (χ0n) is 24.6. The van der Waals surface area contributed by atoms with Crippen molar-refractivity contribution >= 4 is 47.0 Å². The van der Waals surface area contributed by atoms with E-state index < -0.39 is 23.8 Å². The Morgan fingerprint density at radius 1 is 1.07 bits per heavy atom. The van der Waals surface area contributed by atoms with E-state index in [4.69, 9.17) is 16.3 Å². The molecule has 0 bridgehead atoms. The van der Waals surface area contributed by atoms with Crippen molar-refractivity contribution in [1.82, 2.24) is 10.2 Å². The number of carbonyl (C=O) groups is 3. The van der Waals surface area contributed by atoms with Crippen molar-refractivity contribution in [3.05, 3.63) is 63.7 Å². The van der Waals surface area contributed by atoms with Gasteiger partial charge in [0.25, 0.3) is 5.91 Å². The van der Waals surface area contributed by atoms with E-state index in [1.807, 2.05) is 57.4 Å². The molecule has 1 aliphatic carbocycles. The molecule has 1 saturated carbocycles. The second kappa shape index (κ2) is 13.8. The fourth-order valence-electron chi connectivity index (χ4n) is 4.66. The number of rotatable bonds is 10. The van der Waals surface area contributed by atoms with Crippen LogP contribution in [-0.2, 0) is 14.3 Å². The molecule has 2 aromatic carbocycles. The average molecular weight is 588 g/mol. The molecule has 7 nitrogen and oxygen atoms in total. The maximum Gasteiger partial charge on any atom is 0.408 e. The molecule has 1 aliphatic rings. The quantitative estimate of drug-likeness (QED) is 0.313. The van der Waals surface area contributed by atoms with Gasteiger partial charge in [0, 0.05) is 6.04 Å². The van der Waals surface area contributed by atoms with Crippen molar-refractivity contribution in [3.8, 4) is 0 Å². The lowest BCUT2D eigenvalue weighted by Gasteiger charge is -2.43. The van der Waals surface area contributed by atoms with Crippen molar-refractivity contribution in [3.63, 3.8) is 0 Å². The van der Waals surface area contributed by atoms with Crippen LogP contribution >= 0.6 is 23.4 Å². The van der Waals surface area contributed by atoms with Crippen molar-refractivity contribution in [1.29, 1.82) is 0 Å². The highest BCUT2D eigenvalue weighted by atomic mass is 35.5. The van der Waals surface area contributed by atoms with Crippen molar-refractivity contribution < 1.29 is 19.1 Å². The number of hydrogen-bond donors (Lipinski definition) is 2. The molecule has 0 heterocycles. The van der Waals surface area contributed by atoms with Crippen molar-refractivity contribution in [2.75, 3.05) is 17.3 Å². The van der Waals surface area contributed by atoms with Crippen LogP contribution in [0.1, 0.15) is 74.8 Å². The predicted molar refractivity (Wildman–Crippen MR) is 164 cm³/mol. The normalized spacial score (nSPS) is 15.0. The summed E-state index contributed by atoms with van der Waals surface area (Å²) in [5.41, 5.74) is 3.47. The predicted octanol–water partition coefficient (Wildman–Crippen LogP) is 6.97. The lowest BCUT2D eigenvalue weighted by molar-refractivity contribution is -0.145. The number of para-hydroxylation sites is 1. The van der Waals surface area contributed by atoms with Crippen LogP contribution in [0.2, 0.25) is 5.02 Å². The lowest BCUT2D eigenvalue weighted by atomic mass is 9.87. The highest BCUT2D eigenvalue weighted by Crippen LogP contribution is 2.36. The molecule has 1 fully saturated rings. The van der Waals surface area contributed by atoms with Gasteiger partial charge in [-0.15, -0.1) is 0 Å². The monoisotopic (exact) mass is 587 g/mol. The molecule has 2 N–H and O–H groups in total. The number of nitrogens with one attached hydrogen (secondary N) is 2. The number of nitrogens with zero attached hydrogens (tertiary/aromatic N) is 1. The Labute approximate surface area is 247 Å². The number of benzene rings is 2. The van der Waals surface area contributed by atoms with Gasteiger partial charge in [-0.1, -0.05) is 41.9 Å². The van der Waals surface area contributed by atoms with Crippen molar-refractivity contribution in [2.24, 2.45) is 0 Å². The molecule has 0 saturated heterocycles. The third-order valence-corrected chi connectivity index (χ3v) is 8.12. The standard InChI is InChI=1S/C31H42ClN3O4S/c1-19-14-15-22(18-21(19)3)27(28(36)34-26-20(2)10-8-13-24(26)32)35(23-11-9-12-23)29(37)25(16-17-40-7)33-30(38)39-31(4,5)6/h8,10,13-15,18,23,25,27H,9,11-12,16-17H2,1-7H3,(H,33,38)(H,34,36). The summed E-state index contributed by atoms with van der Waals surface area (Å²) in [6.45, 7) is 11.2. The van der Waals surface area contributed by atoms with Gasteiger partial charge in [-0.25, -0.2) is 4.79 Å². The molecular weight excluding hydrogens is 546 g/mol. The fourth-order valence-corrected chi connectivity index (χ4v) is 5.40. The number of aryl methyl sites for hydroxylation is 3. The van der Waals surface area contributed by atoms with E-state index in [9.17, 15) is 14.4 Å². The highest BCUT2D eigenvalue weighted by molar-refractivity contribution is 7.98. The molecule has 0 radical (unpaired) electrons. The molecule has 0 aromatic heterocycles. The minimum atomic E-state index is -0.912. The summed E-state index contributed by atoms with van der Waals surface area (Å²) >= 11 is 8.06. The first-order chi connectivity index (χ1) is 18.8. The zero-order chi connectivity index (χ0) is 29.6. The van der Waals surface area contributed by atoms with E-state index in [1.165, 1.54) is 0 Å². The summed E-state index contributed by atoms with van der Waals surface area (Å²) in [6, 6.07) is 9.40. The first kappa shape index (κ1) is 31.8. The van der Waals surface area contributed by atoms with Crippen LogP contribution in [0.4, 0.5) is 10.5 Å². The van der Waals surface area contributed by atoms with Crippen LogP contribution in [0.3, 0.4) is 0 Å². The molecule has 0 aliphatic heterocycles. The van der Waals surface area contributed by atoms with Gasteiger partial charge in [-0.3, -0.25) is 9.59 Å². The van der Waals surface area contributed by atoms with Gasteiger partial charge >= 0.3 is 6.09 Å². The Hall–Kier alpha value is -2.71. The van der Waals surface area contributed by atoms with E-state index >= 15 is 0 Å². The van der Waals surface area contributed by atoms with Gasteiger partial charge in [-0.2, -0.15) is 11.8 Å². The summed E-state index contributed by atoms with van der Waals surface area (Å²) in [5.74, 6) is 0.0174. The van der Waals surface area contributed by atoms with E-state index in [1.54, 1.807) is 43.5 Å². The largest absolute Gasteiger partial charge is 0.444 e. The average Bonchev–Trinajstić information content (AvgIpc) is 2.83. The maximum atomic E-state index is 14.4. The SMILES string of the molecule is CSCCC(NC(=O)OC(C)(C)C)C(=O)N(C1CCC1)C(C(=O)Nc1c(C)cccc1Cl)c1ccc(C)c(C)c1. The number of hydrogen-bond acceptors (Lipinski definition) is 5. The smallest absolute Gasteiger partial charge is 0.408 e. The Bertz CT molecular complexity index is 1210. The number of thioether (sulfide) groups is 1. The molecule has 3 rings (SSSR count). The van der Waals surface area contributed by atoms with Gasteiger partial charge in [0.15, 0.2) is 0 Å². The number of ether oxygens (including phenoxy) is 1. The second-order valence-corrected chi connectivity index (χ2v) is 12.9. The Kier molecular flexibility index (Phi) is 11.0. The van der Waals surface area contributed by atoms with Gasteiger partial charge < -0.3 is 20.3 Å². The van der Waals surface area contributed by atoms with Gasteiger partial charge in [0.05, 0.1) is 10.7 Å². The van der Waals surface area contributed by atoms with Crippen molar-refractivity contribution in [2.45, 2.75) is 91.0 Å². The highest BCUT2D eigenvalue weighted by Gasteiger charge is 2.42. The molecule has 2 unspecified atom stereocenters. The molecular formula is C31H42ClN3O4S. The van der Waals surface area contributed by atoms with E-state index in [-0.39, 0.29) is 17.9 Å². The zero-order valence-corrected chi connectivity index (χ0v) is 26.2. The minimum absolute atomic E-state index is 0.130. The first-order valence-electron chi connectivity index (χ1n) is 13.8. The third kappa shape index (κ3) is 8.16. The molecule has 218 valence electrons. The van der Waals surface area contributed by atoms with Gasteiger partial charge in [0.1, 0.15) is 17.7 Å². The van der Waals surface area contributed by atoms with Crippen LogP contribution in [0.15, 0.2) is 36.4 Å². The van der Waals surface area contributed by atoms with Crippen LogP contribution in [0.5, 0.6) is 0 Å². The number of alkyl carbamates (subject to hydrolysis) is 1. The molecule has 2 aromatic rings. The Morgan fingerprint density at radius 3 is 2.33 bits per heavy atom. The van der Waals surface area contributed by atoms with Gasteiger partial charge in [-0.05, 0) is 108 Å². The Morgan fingerprint density at radius 2 is 1.77 bits per heavy atom. The molecule has 40 heavy (non-hydrogen) atoms. The van der Waals surface area contributed by atoms with E-state index in [0.29, 0.717) is 28.4 Å². The summed E-state index contributed by atoms with van der Waals surface area (Å²) in [4.78, 5) is 43.0. The van der Waals surface area contributed by atoms with Crippen LogP contribution in [-0.4, -0.2) is 52.5 Å². The Balaban J connectivity index is 2.06. The maximum absolute atomic E-state index is 14.4. The van der Waals surface area contributed by atoms with Crippen LogP contribution in [0, 0.1) is 20.8 Å². The summed E-state index contributed by atoms with van der Waals surface area (Å²) in [7, 11) is 0. The topological polar surface area (TPSA) is 87.7 Å². The van der Waals surface area contributed by atoms with Gasteiger partial charge in [0.2, 0.25) is 5.91 Å². The minimum Gasteiger partial charge on any atom is -0.444 e. The fraction of sp³-hybridized carbons (Fsp3) is 0.516. The third-order valence-electron chi connectivity index (χ3n) is 7.17. The number of anilines is 1. The van der Waals surface area contributed by atoms with Crippen LogP contribution < -0.4 is 10.6 Å². The molecule has 2 atom stereocenters. The molecule has 0 spiro atoms. The lowest BCUT2D eigenvalue weighted by Crippen LogP contribution is -2.57. The van der Waals surface area contributed by atoms with E-state index in [2.05, 4.69) is 10.6 Å². The molecule has 3 amide bonds. The number of amides is 3. The summed E-state index contributed by atoms with van der Waals surface area (Å²) in [5, 5.41) is 6.26. The molecule has 9 heteroatoms. The first-order valence-corrected chi connectivity index (χ1v) is 15.5. The summed E-state index contributed by atoms with van der Waals surface area (Å²) in [6.07, 6.45) is 4.25. The van der Waals surface area contributed by atoms with Crippen LogP contribution in [0.25, 0.3) is 0 Å². The van der Waals surface area contributed by atoms with E-state index in [0.717, 1.165) is 36.0 Å². The number of carbonyl (C=O) groups excluding carboxylic acids is 3. The summed E-state index contributed by atoms with van der Waals surface area (Å²) < 4.78 is 5.48. The number of halogens is 1. The second-order valence-electron chi connectivity index (χ2n) is 11.5.